The largest absolute Gasteiger partial charge is 0.327 e. The van der Waals surface area contributed by atoms with E-state index in [0.717, 1.165) is 43.7 Å². The van der Waals surface area contributed by atoms with Crippen molar-refractivity contribution in [1.29, 1.82) is 0 Å². The number of para-hydroxylation sites is 1. The fourth-order valence-corrected chi connectivity index (χ4v) is 3.87. The fraction of sp³-hybridized carbons (Fsp3) is 0.409. The molecule has 138 valence electrons. The first-order valence-electron chi connectivity index (χ1n) is 9.28. The van der Waals surface area contributed by atoms with Crippen LogP contribution in [0.1, 0.15) is 24.5 Å². The van der Waals surface area contributed by atoms with Gasteiger partial charge in [-0.3, -0.25) is 0 Å². The second kappa shape index (κ2) is 7.92. The lowest BCUT2D eigenvalue weighted by atomic mass is 9.89. The zero-order chi connectivity index (χ0) is 18.6. The van der Waals surface area contributed by atoms with Gasteiger partial charge in [0.2, 0.25) is 0 Å². The maximum absolute atomic E-state index is 12.7. The topological polar surface area (TPSA) is 35.6 Å². The SMILES string of the molecule is CN1CC[C@@](C)(CN(C)C(=O)Nc2ccccc2Cc2ccccc2)C1. The average Bonchev–Trinajstić information content (AvgIpc) is 2.96. The maximum Gasteiger partial charge on any atom is 0.321 e. The average molecular weight is 351 g/mol. The molecule has 1 N–H and O–H groups in total. The molecular formula is C22H29N3O. The smallest absolute Gasteiger partial charge is 0.321 e. The second-order valence-electron chi connectivity index (χ2n) is 7.90. The predicted octanol–water partition coefficient (Wildman–Crippen LogP) is 4.08. The number of amides is 2. The summed E-state index contributed by atoms with van der Waals surface area (Å²) in [4.78, 5) is 16.9. The van der Waals surface area contributed by atoms with E-state index in [4.69, 9.17) is 0 Å². The minimum Gasteiger partial charge on any atom is -0.327 e. The Bertz CT molecular complexity index is 746. The molecule has 0 aromatic heterocycles. The van der Waals surface area contributed by atoms with Gasteiger partial charge in [0.25, 0.3) is 0 Å². The Labute approximate surface area is 156 Å². The van der Waals surface area contributed by atoms with Crippen LogP contribution in [0.5, 0.6) is 0 Å². The van der Waals surface area contributed by atoms with E-state index in [1.54, 1.807) is 0 Å². The normalized spacial score (nSPS) is 20.1. The zero-order valence-electron chi connectivity index (χ0n) is 16.0. The summed E-state index contributed by atoms with van der Waals surface area (Å²) in [7, 11) is 4.03. The molecule has 0 spiro atoms. The van der Waals surface area contributed by atoms with Gasteiger partial charge in [-0.2, -0.15) is 0 Å². The lowest BCUT2D eigenvalue weighted by Gasteiger charge is -2.30. The van der Waals surface area contributed by atoms with Crippen molar-refractivity contribution in [3.8, 4) is 0 Å². The van der Waals surface area contributed by atoms with Gasteiger partial charge in [-0.25, -0.2) is 4.79 Å². The van der Waals surface area contributed by atoms with E-state index in [2.05, 4.69) is 42.4 Å². The van der Waals surface area contributed by atoms with E-state index in [0.29, 0.717) is 0 Å². The van der Waals surface area contributed by atoms with Crippen LogP contribution in [0.25, 0.3) is 0 Å². The molecule has 26 heavy (non-hydrogen) atoms. The Morgan fingerprint density at radius 2 is 1.85 bits per heavy atom. The molecule has 1 saturated heterocycles. The van der Waals surface area contributed by atoms with Gasteiger partial charge >= 0.3 is 6.03 Å². The first kappa shape index (κ1) is 18.5. The Kier molecular flexibility index (Phi) is 5.62. The van der Waals surface area contributed by atoms with Gasteiger partial charge in [0.15, 0.2) is 0 Å². The van der Waals surface area contributed by atoms with Gasteiger partial charge in [-0.15, -0.1) is 0 Å². The van der Waals surface area contributed by atoms with Crippen LogP contribution in [0.4, 0.5) is 10.5 Å². The summed E-state index contributed by atoms with van der Waals surface area (Å²) >= 11 is 0. The Hall–Kier alpha value is -2.33. The van der Waals surface area contributed by atoms with Gasteiger partial charge in [0.1, 0.15) is 0 Å². The highest BCUT2D eigenvalue weighted by atomic mass is 16.2. The quantitative estimate of drug-likeness (QED) is 0.881. The molecule has 3 rings (SSSR count). The highest BCUT2D eigenvalue weighted by molar-refractivity contribution is 5.90. The lowest BCUT2D eigenvalue weighted by Crippen LogP contribution is -2.40. The molecule has 4 heteroatoms. The Morgan fingerprint density at radius 1 is 1.15 bits per heavy atom. The molecule has 0 radical (unpaired) electrons. The number of hydrogen-bond donors (Lipinski definition) is 1. The highest BCUT2D eigenvalue weighted by Gasteiger charge is 2.34. The number of urea groups is 1. The molecule has 0 bridgehead atoms. The number of nitrogens with one attached hydrogen (secondary N) is 1. The van der Waals surface area contributed by atoms with Crippen molar-refractivity contribution in [3.05, 3.63) is 65.7 Å². The second-order valence-corrected chi connectivity index (χ2v) is 7.90. The van der Waals surface area contributed by atoms with E-state index in [9.17, 15) is 4.79 Å². The minimum atomic E-state index is -0.0405. The molecule has 0 saturated carbocycles. The van der Waals surface area contributed by atoms with Gasteiger partial charge in [-0.1, -0.05) is 55.5 Å². The van der Waals surface area contributed by atoms with E-state index in [1.165, 1.54) is 5.56 Å². The summed E-state index contributed by atoms with van der Waals surface area (Å²) in [5.74, 6) is 0. The number of rotatable bonds is 5. The van der Waals surface area contributed by atoms with Gasteiger partial charge in [-0.05, 0) is 49.0 Å². The molecule has 1 aliphatic rings. The van der Waals surface area contributed by atoms with Crippen LogP contribution < -0.4 is 5.32 Å². The Morgan fingerprint density at radius 3 is 2.54 bits per heavy atom. The predicted molar refractivity (Wildman–Crippen MR) is 108 cm³/mol. The van der Waals surface area contributed by atoms with Crippen LogP contribution in [0.15, 0.2) is 54.6 Å². The van der Waals surface area contributed by atoms with Crippen molar-refractivity contribution < 1.29 is 4.79 Å². The van der Waals surface area contributed by atoms with Crippen molar-refractivity contribution in [3.63, 3.8) is 0 Å². The van der Waals surface area contributed by atoms with Crippen molar-refractivity contribution in [2.24, 2.45) is 5.41 Å². The molecular weight excluding hydrogens is 322 g/mol. The zero-order valence-corrected chi connectivity index (χ0v) is 16.0. The van der Waals surface area contributed by atoms with Crippen molar-refractivity contribution in [2.75, 3.05) is 39.0 Å². The Balaban J connectivity index is 1.65. The van der Waals surface area contributed by atoms with Gasteiger partial charge in [0, 0.05) is 25.8 Å². The molecule has 1 heterocycles. The van der Waals surface area contributed by atoms with Crippen molar-refractivity contribution in [2.45, 2.75) is 19.8 Å². The maximum atomic E-state index is 12.7. The monoisotopic (exact) mass is 351 g/mol. The van der Waals surface area contributed by atoms with Crippen LogP contribution in [0.3, 0.4) is 0 Å². The number of nitrogens with zero attached hydrogens (tertiary/aromatic N) is 2. The molecule has 4 nitrogen and oxygen atoms in total. The highest BCUT2D eigenvalue weighted by Crippen LogP contribution is 2.30. The summed E-state index contributed by atoms with van der Waals surface area (Å²) in [6.45, 7) is 5.18. The molecule has 2 aromatic carbocycles. The first-order chi connectivity index (χ1) is 12.5. The summed E-state index contributed by atoms with van der Waals surface area (Å²) in [5, 5.41) is 3.11. The van der Waals surface area contributed by atoms with Crippen LogP contribution in [-0.2, 0) is 6.42 Å². The third-order valence-electron chi connectivity index (χ3n) is 5.21. The molecule has 2 aromatic rings. The number of hydrogen-bond acceptors (Lipinski definition) is 2. The van der Waals surface area contributed by atoms with E-state index in [1.807, 2.05) is 48.3 Å². The fourth-order valence-electron chi connectivity index (χ4n) is 3.87. The number of anilines is 1. The molecule has 1 fully saturated rings. The van der Waals surface area contributed by atoms with Crippen molar-refractivity contribution in [1.82, 2.24) is 9.80 Å². The third kappa shape index (κ3) is 4.64. The van der Waals surface area contributed by atoms with E-state index < -0.39 is 0 Å². The summed E-state index contributed by atoms with van der Waals surface area (Å²) in [6.07, 6.45) is 1.94. The van der Waals surface area contributed by atoms with Crippen LogP contribution in [0, 0.1) is 5.41 Å². The summed E-state index contributed by atoms with van der Waals surface area (Å²) < 4.78 is 0. The number of carbonyl (C=O) groups excluding carboxylic acids is 1. The standard InChI is InChI=1S/C22H29N3O/c1-22(13-14-24(2)16-22)17-25(3)21(26)23-20-12-8-7-11-19(20)15-18-9-5-4-6-10-18/h4-12H,13-17H2,1-3H3,(H,23,26)/t22-/m1/s1. The molecule has 1 atom stereocenters. The van der Waals surface area contributed by atoms with Crippen LogP contribution >= 0.6 is 0 Å². The lowest BCUT2D eigenvalue weighted by molar-refractivity contribution is 0.188. The van der Waals surface area contributed by atoms with Crippen LogP contribution in [-0.4, -0.2) is 49.6 Å². The molecule has 0 unspecified atom stereocenters. The van der Waals surface area contributed by atoms with Gasteiger partial charge in [0.05, 0.1) is 0 Å². The van der Waals surface area contributed by atoms with E-state index >= 15 is 0 Å². The van der Waals surface area contributed by atoms with Crippen LogP contribution in [0.2, 0.25) is 0 Å². The summed E-state index contributed by atoms with van der Waals surface area (Å²) in [5.41, 5.74) is 3.43. The third-order valence-corrected chi connectivity index (χ3v) is 5.21. The number of carbonyl (C=O) groups is 1. The number of benzene rings is 2. The summed E-state index contributed by atoms with van der Waals surface area (Å²) in [6, 6.07) is 18.3. The van der Waals surface area contributed by atoms with E-state index in [-0.39, 0.29) is 11.4 Å². The first-order valence-corrected chi connectivity index (χ1v) is 9.28. The number of likely N-dealkylation sites (tertiary alicyclic amines) is 1. The minimum absolute atomic E-state index is 0.0405. The molecule has 2 amide bonds. The molecule has 0 aliphatic carbocycles. The van der Waals surface area contributed by atoms with Gasteiger partial charge < -0.3 is 15.1 Å². The molecule has 1 aliphatic heterocycles. The van der Waals surface area contributed by atoms with Crippen molar-refractivity contribution >= 4 is 11.7 Å².